The molecule has 2 unspecified atom stereocenters. The molecule has 166 valence electrons. The van der Waals surface area contributed by atoms with Gasteiger partial charge in [0.2, 0.25) is 0 Å². The maximum atomic E-state index is 13.2. The Kier molecular flexibility index (Phi) is 8.06. The number of benzene rings is 1. The van der Waals surface area contributed by atoms with Crippen LogP contribution in [0, 0.1) is 5.92 Å². The second kappa shape index (κ2) is 10.1. The number of unbranched alkanes of at least 4 members (excludes halogenated alkanes) is 1. The highest BCUT2D eigenvalue weighted by atomic mass is 19.4. The van der Waals surface area contributed by atoms with Crippen LogP contribution in [-0.2, 0) is 25.2 Å². The molecule has 0 spiro atoms. The number of halogens is 3. The second-order valence-corrected chi connectivity index (χ2v) is 7.52. The van der Waals surface area contributed by atoms with Gasteiger partial charge in [-0.1, -0.05) is 44.9 Å². The van der Waals surface area contributed by atoms with Crippen LogP contribution in [0.4, 0.5) is 13.2 Å². The normalized spacial score (nSPS) is 21.5. The predicted molar refractivity (Wildman–Crippen MR) is 104 cm³/mol. The topological polar surface area (TPSA) is 72.8 Å². The quantitative estimate of drug-likeness (QED) is 0.462. The molecule has 0 amide bonds. The molecule has 1 aromatic rings. The maximum Gasteiger partial charge on any atom is 0.416 e. The summed E-state index contributed by atoms with van der Waals surface area (Å²) in [6.45, 7) is 2.92. The number of hydrogen-bond donors (Lipinski definition) is 1. The molecule has 1 aliphatic rings. The lowest BCUT2D eigenvalue weighted by atomic mass is 9.96. The number of aliphatic hydroxyl groups is 1. The molecule has 2 atom stereocenters. The van der Waals surface area contributed by atoms with Gasteiger partial charge in [0.1, 0.15) is 6.61 Å². The molecule has 2 rings (SSSR count). The molecule has 1 aromatic carbocycles. The van der Waals surface area contributed by atoms with E-state index in [1.807, 2.05) is 13.8 Å². The molecule has 0 aliphatic carbocycles. The van der Waals surface area contributed by atoms with Gasteiger partial charge < -0.3 is 14.6 Å². The highest BCUT2D eigenvalue weighted by Crippen LogP contribution is 2.36. The third-order valence-corrected chi connectivity index (χ3v) is 5.18. The van der Waals surface area contributed by atoms with Gasteiger partial charge in [0, 0.05) is 12.0 Å². The zero-order valence-corrected chi connectivity index (χ0v) is 17.1. The molecule has 0 radical (unpaired) electrons. The van der Waals surface area contributed by atoms with Crippen molar-refractivity contribution >= 4 is 18.0 Å². The minimum Gasteiger partial charge on any atom is -0.461 e. The van der Waals surface area contributed by atoms with Crippen molar-refractivity contribution in [3.05, 3.63) is 41.0 Å². The van der Waals surface area contributed by atoms with E-state index in [0.29, 0.717) is 12.8 Å². The molecule has 8 heteroatoms. The molecule has 1 heterocycles. The molecule has 1 saturated heterocycles. The van der Waals surface area contributed by atoms with Gasteiger partial charge in [-0.2, -0.15) is 13.2 Å². The van der Waals surface area contributed by atoms with Crippen LogP contribution in [0.3, 0.4) is 0 Å². The Bertz CT molecular complexity index is 787. The summed E-state index contributed by atoms with van der Waals surface area (Å²) in [4.78, 5) is 24.6. The Hall–Kier alpha value is -2.35. The van der Waals surface area contributed by atoms with E-state index in [4.69, 9.17) is 9.47 Å². The summed E-state index contributed by atoms with van der Waals surface area (Å²) < 4.78 is 50.2. The summed E-state index contributed by atoms with van der Waals surface area (Å²) in [6, 6.07) is 4.87. The van der Waals surface area contributed by atoms with Crippen LogP contribution in [0.5, 0.6) is 0 Å². The van der Waals surface area contributed by atoms with Crippen LogP contribution in [0.25, 0.3) is 6.08 Å². The van der Waals surface area contributed by atoms with Crippen LogP contribution in [0.15, 0.2) is 29.8 Å². The number of cyclic esters (lactones) is 1. The summed E-state index contributed by atoms with van der Waals surface area (Å²) in [7, 11) is 0. The largest absolute Gasteiger partial charge is 0.461 e. The van der Waals surface area contributed by atoms with Crippen molar-refractivity contribution in [2.45, 2.75) is 57.7 Å². The minimum absolute atomic E-state index is 0.0187. The highest BCUT2D eigenvalue weighted by molar-refractivity contribution is 5.96. The van der Waals surface area contributed by atoms with Gasteiger partial charge >= 0.3 is 18.1 Å². The summed E-state index contributed by atoms with van der Waals surface area (Å²) in [6.07, 6.45) is -0.530. The predicted octanol–water partition coefficient (Wildman–Crippen LogP) is 4.53. The maximum absolute atomic E-state index is 13.2. The van der Waals surface area contributed by atoms with E-state index in [-0.39, 0.29) is 30.1 Å². The Labute approximate surface area is 173 Å². The van der Waals surface area contributed by atoms with Gasteiger partial charge in [0.05, 0.1) is 18.1 Å². The van der Waals surface area contributed by atoms with Crippen molar-refractivity contribution in [2.24, 2.45) is 5.92 Å². The lowest BCUT2D eigenvalue weighted by Crippen LogP contribution is -2.40. The van der Waals surface area contributed by atoms with E-state index >= 15 is 0 Å². The smallest absolute Gasteiger partial charge is 0.416 e. The second-order valence-electron chi connectivity index (χ2n) is 7.52. The van der Waals surface area contributed by atoms with Gasteiger partial charge in [-0.25, -0.2) is 4.79 Å². The van der Waals surface area contributed by atoms with Crippen LogP contribution in [0.2, 0.25) is 0 Å². The third-order valence-electron chi connectivity index (χ3n) is 5.18. The molecule has 0 bridgehead atoms. The highest BCUT2D eigenvalue weighted by Gasteiger charge is 2.45. The van der Waals surface area contributed by atoms with E-state index in [1.165, 1.54) is 18.2 Å². The first-order chi connectivity index (χ1) is 14.2. The average molecular weight is 428 g/mol. The number of carbonyl (C=O) groups is 2. The molecule has 5 nitrogen and oxygen atoms in total. The van der Waals surface area contributed by atoms with Crippen LogP contribution < -0.4 is 0 Å². The Morgan fingerprint density at radius 1 is 1.33 bits per heavy atom. The van der Waals surface area contributed by atoms with Gasteiger partial charge in [-0.15, -0.1) is 0 Å². The lowest BCUT2D eigenvalue weighted by molar-refractivity contribution is -0.169. The van der Waals surface area contributed by atoms with E-state index in [1.54, 1.807) is 0 Å². The Morgan fingerprint density at radius 2 is 2.03 bits per heavy atom. The fourth-order valence-electron chi connectivity index (χ4n) is 3.37. The molecule has 1 N–H and O–H groups in total. The van der Waals surface area contributed by atoms with Crippen molar-refractivity contribution in [1.29, 1.82) is 0 Å². The summed E-state index contributed by atoms with van der Waals surface area (Å²) in [5, 5.41) is 9.78. The first-order valence-electron chi connectivity index (χ1n) is 10.0. The van der Waals surface area contributed by atoms with E-state index in [9.17, 15) is 27.9 Å². The lowest BCUT2D eigenvalue weighted by Gasteiger charge is -2.25. The fraction of sp³-hybridized carbons (Fsp3) is 0.545. The Morgan fingerprint density at radius 3 is 2.63 bits per heavy atom. The molecule has 1 aliphatic heterocycles. The zero-order valence-electron chi connectivity index (χ0n) is 17.1. The number of esters is 2. The molecule has 0 saturated carbocycles. The first kappa shape index (κ1) is 23.9. The minimum atomic E-state index is -4.58. The van der Waals surface area contributed by atoms with Crippen molar-refractivity contribution in [3.63, 3.8) is 0 Å². The average Bonchev–Trinajstić information content (AvgIpc) is 3.02. The fourth-order valence-corrected chi connectivity index (χ4v) is 3.37. The number of aliphatic hydroxyl groups excluding tert-OH is 1. The number of rotatable bonds is 9. The summed E-state index contributed by atoms with van der Waals surface area (Å²) in [5.74, 6) is -1.56. The van der Waals surface area contributed by atoms with Crippen LogP contribution >= 0.6 is 0 Å². The van der Waals surface area contributed by atoms with E-state index in [0.717, 1.165) is 25.0 Å². The summed E-state index contributed by atoms with van der Waals surface area (Å²) in [5.41, 5.74) is -2.56. The van der Waals surface area contributed by atoms with Gasteiger partial charge in [-0.05, 0) is 30.5 Å². The molecular weight excluding hydrogens is 401 g/mol. The SMILES string of the molecule is CCCCC(CC)C(=O)OCC1(CO)C/C(=C\c2ccccc2C(F)(F)F)C(=O)O1. The van der Waals surface area contributed by atoms with Gasteiger partial charge in [0.15, 0.2) is 5.60 Å². The van der Waals surface area contributed by atoms with Gasteiger partial charge in [-0.3, -0.25) is 4.79 Å². The van der Waals surface area contributed by atoms with Gasteiger partial charge in [0.25, 0.3) is 0 Å². The van der Waals surface area contributed by atoms with Crippen molar-refractivity contribution in [1.82, 2.24) is 0 Å². The number of alkyl halides is 3. The number of ether oxygens (including phenoxy) is 2. The monoisotopic (exact) mass is 428 g/mol. The zero-order chi connectivity index (χ0) is 22.4. The number of carbonyl (C=O) groups excluding carboxylic acids is 2. The third kappa shape index (κ3) is 5.84. The first-order valence-corrected chi connectivity index (χ1v) is 10.0. The number of hydrogen-bond acceptors (Lipinski definition) is 5. The van der Waals surface area contributed by atoms with Crippen molar-refractivity contribution in [3.8, 4) is 0 Å². The van der Waals surface area contributed by atoms with Crippen LogP contribution in [-0.4, -0.2) is 35.9 Å². The Balaban J connectivity index is 2.16. The van der Waals surface area contributed by atoms with E-state index < -0.39 is 35.9 Å². The molecule has 0 aromatic heterocycles. The van der Waals surface area contributed by atoms with Crippen LogP contribution in [0.1, 0.15) is 57.1 Å². The summed E-state index contributed by atoms with van der Waals surface area (Å²) >= 11 is 0. The molecule has 30 heavy (non-hydrogen) atoms. The van der Waals surface area contributed by atoms with Crippen molar-refractivity contribution < 1.29 is 37.3 Å². The van der Waals surface area contributed by atoms with Crippen molar-refractivity contribution in [2.75, 3.05) is 13.2 Å². The standard InChI is InChI=1S/C22H27F3O5/c1-3-5-8-15(4-2)19(27)29-14-21(13-26)12-17(20(28)30-21)11-16-9-6-7-10-18(16)22(23,24)25/h6-7,9-11,15,26H,3-5,8,12-14H2,1-2H3/b17-11+. The molecular formula is C22H27F3O5. The van der Waals surface area contributed by atoms with E-state index in [2.05, 4.69) is 0 Å². The molecule has 1 fully saturated rings.